The van der Waals surface area contributed by atoms with E-state index in [1.54, 1.807) is 19.9 Å². The van der Waals surface area contributed by atoms with Crippen LogP contribution in [0.3, 0.4) is 0 Å². The molecule has 6 nitrogen and oxygen atoms in total. The lowest BCUT2D eigenvalue weighted by molar-refractivity contribution is -0.127. The molecule has 1 aromatic rings. The number of rotatable bonds is 5. The van der Waals surface area contributed by atoms with Gasteiger partial charge < -0.3 is 21.5 Å². The summed E-state index contributed by atoms with van der Waals surface area (Å²) in [4.78, 5) is 22.7. The van der Waals surface area contributed by atoms with Crippen molar-refractivity contribution >= 4 is 17.5 Å². The van der Waals surface area contributed by atoms with Crippen LogP contribution in [-0.4, -0.2) is 24.5 Å². The number of likely N-dealkylation sites (N-methyl/N-ethyl adjacent to an activating group) is 1. The third-order valence-electron chi connectivity index (χ3n) is 2.30. The minimum atomic E-state index is -0.732. The molecule has 0 heterocycles. The zero-order chi connectivity index (χ0) is 13.7. The summed E-state index contributed by atoms with van der Waals surface area (Å²) in [5.41, 5.74) is 11.4. The first-order valence-electron chi connectivity index (χ1n) is 5.59. The monoisotopic (exact) mass is 251 g/mol. The zero-order valence-electron chi connectivity index (χ0n) is 10.4. The summed E-state index contributed by atoms with van der Waals surface area (Å²) in [6.45, 7) is 3.89. The second-order valence-corrected chi connectivity index (χ2v) is 3.77. The van der Waals surface area contributed by atoms with E-state index in [4.69, 9.17) is 16.2 Å². The predicted octanol–water partition coefficient (Wildman–Crippen LogP) is 0.271. The fourth-order valence-electron chi connectivity index (χ4n) is 1.40. The molecule has 0 aromatic heterocycles. The van der Waals surface area contributed by atoms with Gasteiger partial charge in [0, 0.05) is 18.3 Å². The Kier molecular flexibility index (Phi) is 4.53. The van der Waals surface area contributed by atoms with Crippen LogP contribution in [0.5, 0.6) is 5.75 Å². The van der Waals surface area contributed by atoms with Crippen LogP contribution < -0.4 is 21.5 Å². The molecule has 18 heavy (non-hydrogen) atoms. The van der Waals surface area contributed by atoms with Crippen LogP contribution in [-0.2, 0) is 4.79 Å². The van der Waals surface area contributed by atoms with Gasteiger partial charge in [-0.25, -0.2) is 0 Å². The minimum absolute atomic E-state index is 0.195. The van der Waals surface area contributed by atoms with Crippen LogP contribution in [0.4, 0.5) is 5.69 Å². The van der Waals surface area contributed by atoms with E-state index >= 15 is 0 Å². The van der Waals surface area contributed by atoms with E-state index in [0.29, 0.717) is 12.2 Å². The number of hydrogen-bond donors (Lipinski definition) is 3. The summed E-state index contributed by atoms with van der Waals surface area (Å²) < 4.78 is 5.41. The average molecular weight is 251 g/mol. The molecule has 0 bridgehead atoms. The number of nitrogens with one attached hydrogen (secondary N) is 1. The fraction of sp³-hybridized carbons (Fsp3) is 0.333. The number of nitrogens with two attached hydrogens (primary N) is 2. The van der Waals surface area contributed by atoms with Gasteiger partial charge in [-0.2, -0.15) is 0 Å². The summed E-state index contributed by atoms with van der Waals surface area (Å²) >= 11 is 0. The molecule has 0 aliphatic heterocycles. The van der Waals surface area contributed by atoms with Crippen LogP contribution in [0.25, 0.3) is 0 Å². The summed E-state index contributed by atoms with van der Waals surface area (Å²) in [6.07, 6.45) is -0.732. The number of benzene rings is 1. The molecule has 0 aliphatic carbocycles. The molecular formula is C12H17N3O3. The zero-order valence-corrected chi connectivity index (χ0v) is 10.4. The fourth-order valence-corrected chi connectivity index (χ4v) is 1.40. The van der Waals surface area contributed by atoms with Crippen LogP contribution >= 0.6 is 0 Å². The van der Waals surface area contributed by atoms with E-state index in [0.717, 1.165) is 0 Å². The van der Waals surface area contributed by atoms with Gasteiger partial charge in [0.15, 0.2) is 6.10 Å². The largest absolute Gasteiger partial charge is 0.480 e. The van der Waals surface area contributed by atoms with Gasteiger partial charge in [0.05, 0.1) is 5.56 Å². The number of carbonyl (C=O) groups is 2. The lowest BCUT2D eigenvalue weighted by atomic mass is 10.1. The highest BCUT2D eigenvalue weighted by atomic mass is 16.5. The Morgan fingerprint density at radius 2 is 2.11 bits per heavy atom. The molecule has 0 radical (unpaired) electrons. The lowest BCUT2D eigenvalue weighted by Gasteiger charge is -2.16. The highest BCUT2D eigenvalue weighted by molar-refractivity contribution is 5.96. The number of amides is 2. The summed E-state index contributed by atoms with van der Waals surface area (Å²) in [5, 5.41) is 2.62. The maximum Gasteiger partial charge on any atom is 0.260 e. The number of primary amides is 1. The van der Waals surface area contributed by atoms with Crippen molar-refractivity contribution < 1.29 is 14.3 Å². The molecule has 1 atom stereocenters. The second kappa shape index (κ2) is 5.90. The first-order chi connectivity index (χ1) is 8.45. The van der Waals surface area contributed by atoms with Crippen molar-refractivity contribution in [2.75, 3.05) is 12.3 Å². The number of ether oxygens (including phenoxy) is 1. The summed E-state index contributed by atoms with van der Waals surface area (Å²) in [6, 6.07) is 4.48. The second-order valence-electron chi connectivity index (χ2n) is 3.77. The Morgan fingerprint density at radius 1 is 1.44 bits per heavy atom. The van der Waals surface area contributed by atoms with E-state index < -0.39 is 12.0 Å². The van der Waals surface area contributed by atoms with Crippen molar-refractivity contribution in [3.63, 3.8) is 0 Å². The normalized spacial score (nSPS) is 11.7. The van der Waals surface area contributed by atoms with Crippen molar-refractivity contribution in [3.05, 3.63) is 23.8 Å². The molecule has 0 spiro atoms. The van der Waals surface area contributed by atoms with E-state index in [1.165, 1.54) is 12.1 Å². The Hall–Kier alpha value is -2.24. The van der Waals surface area contributed by atoms with Gasteiger partial charge in [0.2, 0.25) is 0 Å². The van der Waals surface area contributed by atoms with Gasteiger partial charge in [-0.1, -0.05) is 0 Å². The number of anilines is 1. The van der Waals surface area contributed by atoms with Gasteiger partial charge in [-0.05, 0) is 26.0 Å². The first kappa shape index (κ1) is 13.8. The summed E-state index contributed by atoms with van der Waals surface area (Å²) in [5.74, 6) is -0.690. The topological polar surface area (TPSA) is 107 Å². The Labute approximate surface area is 105 Å². The van der Waals surface area contributed by atoms with Gasteiger partial charge in [-0.3, -0.25) is 9.59 Å². The van der Waals surface area contributed by atoms with E-state index in [2.05, 4.69) is 5.32 Å². The van der Waals surface area contributed by atoms with E-state index in [1.807, 2.05) is 0 Å². The van der Waals surface area contributed by atoms with E-state index in [-0.39, 0.29) is 17.2 Å². The van der Waals surface area contributed by atoms with Crippen molar-refractivity contribution in [2.45, 2.75) is 20.0 Å². The molecule has 5 N–H and O–H groups in total. The molecule has 1 unspecified atom stereocenters. The Balaban J connectivity index is 2.92. The number of carbonyl (C=O) groups excluding carboxylic acids is 2. The Bertz CT molecular complexity index is 460. The van der Waals surface area contributed by atoms with Crippen molar-refractivity contribution in [1.82, 2.24) is 5.32 Å². The molecular weight excluding hydrogens is 234 g/mol. The average Bonchev–Trinajstić information content (AvgIpc) is 2.28. The van der Waals surface area contributed by atoms with Gasteiger partial charge in [0.25, 0.3) is 11.8 Å². The summed E-state index contributed by atoms with van der Waals surface area (Å²) in [7, 11) is 0. The molecule has 0 saturated carbocycles. The quantitative estimate of drug-likeness (QED) is 0.653. The smallest absolute Gasteiger partial charge is 0.260 e. The molecule has 2 amide bonds. The molecule has 0 aliphatic rings. The molecule has 98 valence electrons. The molecule has 6 heteroatoms. The van der Waals surface area contributed by atoms with Gasteiger partial charge in [0.1, 0.15) is 5.75 Å². The predicted molar refractivity (Wildman–Crippen MR) is 68.1 cm³/mol. The van der Waals surface area contributed by atoms with Crippen LogP contribution in [0.15, 0.2) is 18.2 Å². The third kappa shape index (κ3) is 3.38. The molecule has 0 saturated heterocycles. The van der Waals surface area contributed by atoms with Crippen molar-refractivity contribution in [3.8, 4) is 5.75 Å². The van der Waals surface area contributed by atoms with Gasteiger partial charge in [-0.15, -0.1) is 0 Å². The first-order valence-corrected chi connectivity index (χ1v) is 5.59. The SMILES string of the molecule is CCNC(=O)C(C)Oc1cc(N)ccc1C(N)=O. The van der Waals surface area contributed by atoms with Gasteiger partial charge >= 0.3 is 0 Å². The molecule has 0 fully saturated rings. The number of hydrogen-bond acceptors (Lipinski definition) is 4. The Morgan fingerprint density at radius 3 is 2.67 bits per heavy atom. The van der Waals surface area contributed by atoms with Crippen LogP contribution in [0, 0.1) is 0 Å². The highest BCUT2D eigenvalue weighted by Crippen LogP contribution is 2.22. The minimum Gasteiger partial charge on any atom is -0.480 e. The lowest BCUT2D eigenvalue weighted by Crippen LogP contribution is -2.36. The van der Waals surface area contributed by atoms with Crippen LogP contribution in [0.2, 0.25) is 0 Å². The van der Waals surface area contributed by atoms with E-state index in [9.17, 15) is 9.59 Å². The van der Waals surface area contributed by atoms with Crippen LogP contribution in [0.1, 0.15) is 24.2 Å². The van der Waals surface area contributed by atoms with Crippen molar-refractivity contribution in [1.29, 1.82) is 0 Å². The standard InChI is InChI=1S/C12H17N3O3/c1-3-15-12(17)7(2)18-10-6-8(13)4-5-9(10)11(14)16/h4-7H,3,13H2,1-2H3,(H2,14,16)(H,15,17). The third-order valence-corrected chi connectivity index (χ3v) is 2.30. The highest BCUT2D eigenvalue weighted by Gasteiger charge is 2.17. The maximum absolute atomic E-state index is 11.5. The molecule has 1 rings (SSSR count). The molecule has 1 aromatic carbocycles. The number of nitrogen functional groups attached to an aromatic ring is 1. The van der Waals surface area contributed by atoms with Crippen molar-refractivity contribution in [2.24, 2.45) is 5.73 Å². The maximum atomic E-state index is 11.5.